The first kappa shape index (κ1) is 16.5. The molecule has 1 fully saturated rings. The molecule has 0 amide bonds. The number of hydrogen-bond acceptors (Lipinski definition) is 6. The van der Waals surface area contributed by atoms with Crippen LogP contribution >= 0.6 is 0 Å². The van der Waals surface area contributed by atoms with Crippen molar-refractivity contribution in [2.45, 2.75) is 19.8 Å². The van der Waals surface area contributed by atoms with Crippen molar-refractivity contribution in [1.82, 2.24) is 9.88 Å². The average molecular weight is 307 g/mol. The summed E-state index contributed by atoms with van der Waals surface area (Å²) >= 11 is 0. The Hall–Kier alpha value is -1.82. The summed E-state index contributed by atoms with van der Waals surface area (Å²) in [6.45, 7) is 6.45. The molecule has 0 radical (unpaired) electrons. The summed E-state index contributed by atoms with van der Waals surface area (Å²) in [4.78, 5) is 18.4. The van der Waals surface area contributed by atoms with Crippen LogP contribution < -0.4 is 10.1 Å². The largest absolute Gasteiger partial charge is 0.480 e. The lowest BCUT2D eigenvalue weighted by Gasteiger charge is -2.30. The number of hydrogen-bond donors (Lipinski definition) is 1. The standard InChI is InChI=1S/C16H25N3O3/c1-12-5-4-9-19(11-12)10-8-17-14-7-6-13(16(20)22-3)15(18-14)21-2/h6-7,12H,4-5,8-11H2,1-3H3,(H,17,18). The molecule has 1 aliphatic heterocycles. The van der Waals surface area contributed by atoms with E-state index in [1.165, 1.54) is 40.2 Å². The molecule has 6 heteroatoms. The molecule has 2 rings (SSSR count). The Labute approximate surface area is 131 Å². The molecule has 0 aliphatic carbocycles. The molecule has 122 valence electrons. The molecule has 1 aliphatic rings. The fraction of sp³-hybridized carbons (Fsp3) is 0.625. The van der Waals surface area contributed by atoms with E-state index in [-0.39, 0.29) is 5.88 Å². The number of esters is 1. The van der Waals surface area contributed by atoms with Gasteiger partial charge in [0.25, 0.3) is 0 Å². The normalized spacial score (nSPS) is 18.8. The van der Waals surface area contributed by atoms with Gasteiger partial charge in [0.15, 0.2) is 0 Å². The van der Waals surface area contributed by atoms with Crippen LogP contribution in [0.2, 0.25) is 0 Å². The maximum atomic E-state index is 11.6. The van der Waals surface area contributed by atoms with Crippen LogP contribution in [-0.2, 0) is 4.74 Å². The van der Waals surface area contributed by atoms with Crippen molar-refractivity contribution in [3.63, 3.8) is 0 Å². The Morgan fingerprint density at radius 2 is 2.27 bits per heavy atom. The number of carbonyl (C=O) groups excluding carboxylic acids is 1. The third-order valence-electron chi connectivity index (χ3n) is 3.93. The number of ether oxygens (including phenoxy) is 2. The van der Waals surface area contributed by atoms with Crippen molar-refractivity contribution in [2.75, 3.05) is 45.7 Å². The molecule has 0 saturated carbocycles. The first-order chi connectivity index (χ1) is 10.6. The quantitative estimate of drug-likeness (QED) is 0.811. The summed E-state index contributed by atoms with van der Waals surface area (Å²) in [6, 6.07) is 3.44. The van der Waals surface area contributed by atoms with E-state index in [4.69, 9.17) is 9.47 Å². The maximum absolute atomic E-state index is 11.6. The van der Waals surface area contributed by atoms with Gasteiger partial charge in [-0.2, -0.15) is 4.98 Å². The van der Waals surface area contributed by atoms with Gasteiger partial charge in [-0.15, -0.1) is 0 Å². The highest BCUT2D eigenvalue weighted by Gasteiger charge is 2.16. The predicted molar refractivity (Wildman–Crippen MR) is 85.5 cm³/mol. The molecule has 1 unspecified atom stereocenters. The number of anilines is 1. The summed E-state index contributed by atoms with van der Waals surface area (Å²) < 4.78 is 9.86. The van der Waals surface area contributed by atoms with Crippen LogP contribution in [0, 0.1) is 5.92 Å². The van der Waals surface area contributed by atoms with Gasteiger partial charge in [-0.3, -0.25) is 0 Å². The number of carbonyl (C=O) groups is 1. The second-order valence-corrected chi connectivity index (χ2v) is 5.72. The van der Waals surface area contributed by atoms with Gasteiger partial charge >= 0.3 is 5.97 Å². The van der Waals surface area contributed by atoms with E-state index < -0.39 is 5.97 Å². The molecular formula is C16H25N3O3. The smallest absolute Gasteiger partial charge is 0.343 e. The Morgan fingerprint density at radius 3 is 2.95 bits per heavy atom. The van der Waals surface area contributed by atoms with Crippen LogP contribution in [0.4, 0.5) is 5.82 Å². The summed E-state index contributed by atoms with van der Waals surface area (Å²) in [6.07, 6.45) is 2.61. The van der Waals surface area contributed by atoms with Crippen molar-refractivity contribution < 1.29 is 14.3 Å². The van der Waals surface area contributed by atoms with Gasteiger partial charge in [0.2, 0.25) is 5.88 Å². The number of pyridine rings is 1. The average Bonchev–Trinajstić information content (AvgIpc) is 2.54. The highest BCUT2D eigenvalue weighted by molar-refractivity contribution is 5.92. The molecule has 2 heterocycles. The fourth-order valence-electron chi connectivity index (χ4n) is 2.79. The van der Waals surface area contributed by atoms with Crippen LogP contribution in [0.1, 0.15) is 30.1 Å². The number of aromatic nitrogens is 1. The monoisotopic (exact) mass is 307 g/mol. The van der Waals surface area contributed by atoms with Crippen LogP contribution in [0.5, 0.6) is 5.88 Å². The Kier molecular flexibility index (Phi) is 6.00. The number of likely N-dealkylation sites (tertiary alicyclic amines) is 1. The second-order valence-electron chi connectivity index (χ2n) is 5.72. The molecule has 0 spiro atoms. The lowest BCUT2D eigenvalue weighted by molar-refractivity contribution is 0.0596. The zero-order valence-electron chi connectivity index (χ0n) is 13.6. The lowest BCUT2D eigenvalue weighted by atomic mass is 10.0. The highest BCUT2D eigenvalue weighted by atomic mass is 16.5. The summed E-state index contributed by atoms with van der Waals surface area (Å²) in [5.41, 5.74) is 0.334. The van der Waals surface area contributed by atoms with Gasteiger partial charge in [0.1, 0.15) is 11.4 Å². The SMILES string of the molecule is COC(=O)c1ccc(NCCN2CCCC(C)C2)nc1OC. The number of rotatable bonds is 6. The van der Waals surface area contributed by atoms with Gasteiger partial charge < -0.3 is 19.7 Å². The van der Waals surface area contributed by atoms with E-state index in [0.717, 1.165) is 19.0 Å². The molecular weight excluding hydrogens is 282 g/mol. The molecule has 0 aromatic carbocycles. The summed E-state index contributed by atoms with van der Waals surface area (Å²) in [5.74, 6) is 1.32. The molecule has 1 aromatic heterocycles. The van der Waals surface area contributed by atoms with Crippen LogP contribution in [0.3, 0.4) is 0 Å². The molecule has 6 nitrogen and oxygen atoms in total. The zero-order valence-corrected chi connectivity index (χ0v) is 13.6. The van der Waals surface area contributed by atoms with E-state index in [1.807, 2.05) is 0 Å². The molecule has 0 bridgehead atoms. The van der Waals surface area contributed by atoms with E-state index >= 15 is 0 Å². The predicted octanol–water partition coefficient (Wildman–Crippen LogP) is 2.02. The zero-order chi connectivity index (χ0) is 15.9. The van der Waals surface area contributed by atoms with E-state index in [9.17, 15) is 4.79 Å². The Bertz CT molecular complexity index is 507. The van der Waals surface area contributed by atoms with E-state index in [2.05, 4.69) is 22.1 Å². The fourth-order valence-corrected chi connectivity index (χ4v) is 2.79. The maximum Gasteiger partial charge on any atom is 0.343 e. The second kappa shape index (κ2) is 7.98. The van der Waals surface area contributed by atoms with Crippen LogP contribution in [-0.4, -0.2) is 56.3 Å². The highest BCUT2D eigenvalue weighted by Crippen LogP contribution is 2.19. The molecule has 22 heavy (non-hydrogen) atoms. The van der Waals surface area contributed by atoms with Gasteiger partial charge in [-0.1, -0.05) is 6.92 Å². The molecule has 1 saturated heterocycles. The first-order valence-electron chi connectivity index (χ1n) is 7.73. The summed E-state index contributed by atoms with van der Waals surface area (Å²) in [5, 5.41) is 3.28. The van der Waals surface area contributed by atoms with Gasteiger partial charge in [0.05, 0.1) is 14.2 Å². The van der Waals surface area contributed by atoms with Crippen molar-refractivity contribution in [3.05, 3.63) is 17.7 Å². The number of nitrogens with zero attached hydrogens (tertiary/aromatic N) is 2. The third-order valence-corrected chi connectivity index (χ3v) is 3.93. The molecule has 1 N–H and O–H groups in total. The molecule has 1 aromatic rings. The molecule has 1 atom stereocenters. The lowest BCUT2D eigenvalue weighted by Crippen LogP contribution is -2.37. The minimum Gasteiger partial charge on any atom is -0.480 e. The number of piperidine rings is 1. The topological polar surface area (TPSA) is 63.7 Å². The van der Waals surface area contributed by atoms with Crippen LogP contribution in [0.15, 0.2) is 12.1 Å². The van der Waals surface area contributed by atoms with Gasteiger partial charge in [0, 0.05) is 19.6 Å². The minimum atomic E-state index is -0.446. The number of methoxy groups -OCH3 is 2. The minimum absolute atomic E-state index is 0.281. The van der Waals surface area contributed by atoms with Crippen molar-refractivity contribution >= 4 is 11.8 Å². The van der Waals surface area contributed by atoms with E-state index in [0.29, 0.717) is 11.4 Å². The van der Waals surface area contributed by atoms with Gasteiger partial charge in [-0.05, 0) is 37.4 Å². The first-order valence-corrected chi connectivity index (χ1v) is 7.73. The summed E-state index contributed by atoms with van der Waals surface area (Å²) in [7, 11) is 2.83. The third kappa shape index (κ3) is 4.34. The number of nitrogens with one attached hydrogen (secondary N) is 1. The van der Waals surface area contributed by atoms with E-state index in [1.54, 1.807) is 12.1 Å². The Morgan fingerprint density at radius 1 is 1.45 bits per heavy atom. The Balaban J connectivity index is 1.89. The van der Waals surface area contributed by atoms with Gasteiger partial charge in [-0.25, -0.2) is 4.79 Å². The van der Waals surface area contributed by atoms with Crippen molar-refractivity contribution in [3.8, 4) is 5.88 Å². The van der Waals surface area contributed by atoms with Crippen molar-refractivity contribution in [1.29, 1.82) is 0 Å². The van der Waals surface area contributed by atoms with Crippen molar-refractivity contribution in [2.24, 2.45) is 5.92 Å². The van der Waals surface area contributed by atoms with Crippen LogP contribution in [0.25, 0.3) is 0 Å².